The zero-order valence-electron chi connectivity index (χ0n) is 15.8. The van der Waals surface area contributed by atoms with Gasteiger partial charge >= 0.3 is 0 Å². The number of halogens is 1. The van der Waals surface area contributed by atoms with Crippen LogP contribution in [0.1, 0.15) is 12.8 Å². The second-order valence-electron chi connectivity index (χ2n) is 6.46. The number of nitrogens with zero attached hydrogens (tertiary/aromatic N) is 3. The number of hydrogen-bond acceptors (Lipinski definition) is 5. The fraction of sp³-hybridized carbons (Fsp3) is 0.474. The van der Waals surface area contributed by atoms with E-state index in [9.17, 15) is 4.79 Å². The maximum Gasteiger partial charge on any atom is 0.250 e. The second-order valence-corrected chi connectivity index (χ2v) is 6.46. The molecule has 0 unspecified atom stereocenters. The number of hydrogen-bond donors (Lipinski definition) is 1. The highest BCUT2D eigenvalue weighted by molar-refractivity contribution is 5.85. The van der Waals surface area contributed by atoms with E-state index in [1.165, 1.54) is 0 Å². The zero-order valence-corrected chi connectivity index (χ0v) is 16.6. The number of carbonyl (C=O) groups is 1. The lowest BCUT2D eigenvalue weighted by atomic mass is 9.87. The fourth-order valence-corrected chi connectivity index (χ4v) is 3.39. The molecule has 27 heavy (non-hydrogen) atoms. The number of nitrogens with one attached hydrogen (secondary N) is 1. The van der Waals surface area contributed by atoms with Gasteiger partial charge in [-0.1, -0.05) is 12.1 Å². The lowest BCUT2D eigenvalue weighted by molar-refractivity contribution is -0.142. The van der Waals surface area contributed by atoms with Gasteiger partial charge in [0, 0.05) is 19.4 Å². The first-order valence-electron chi connectivity index (χ1n) is 8.89. The van der Waals surface area contributed by atoms with Crippen LogP contribution in [-0.2, 0) is 10.3 Å². The van der Waals surface area contributed by atoms with Gasteiger partial charge in [0.25, 0.3) is 5.91 Å². The van der Waals surface area contributed by atoms with E-state index in [0.29, 0.717) is 24.7 Å². The monoisotopic (exact) mass is 394 g/mol. The highest BCUT2D eigenvalue weighted by Crippen LogP contribution is 2.29. The average molecular weight is 395 g/mol. The third-order valence-corrected chi connectivity index (χ3v) is 4.87. The maximum atomic E-state index is 13.2. The summed E-state index contributed by atoms with van der Waals surface area (Å²) >= 11 is 0. The fourth-order valence-electron chi connectivity index (χ4n) is 3.39. The summed E-state index contributed by atoms with van der Waals surface area (Å²) < 4.78 is 12.9. The molecule has 0 spiro atoms. The molecular formula is C19H27ClN4O3. The Morgan fingerprint density at radius 1 is 1.26 bits per heavy atom. The van der Waals surface area contributed by atoms with Crippen LogP contribution in [0.25, 0.3) is 0 Å². The molecule has 1 fully saturated rings. The SMILES string of the molecule is COc1ccccc1OCCN(C)C(=O)C1(n2cccn2)CCNCC1.Cl. The maximum absolute atomic E-state index is 13.2. The molecule has 0 aliphatic carbocycles. The summed E-state index contributed by atoms with van der Waals surface area (Å²) in [7, 11) is 3.43. The number of benzene rings is 1. The summed E-state index contributed by atoms with van der Waals surface area (Å²) in [4.78, 5) is 15.0. The van der Waals surface area contributed by atoms with Crippen LogP contribution in [0.5, 0.6) is 11.5 Å². The topological polar surface area (TPSA) is 68.6 Å². The van der Waals surface area contributed by atoms with Crippen LogP contribution < -0.4 is 14.8 Å². The van der Waals surface area contributed by atoms with Gasteiger partial charge in [-0.05, 0) is 44.1 Å². The number of rotatable bonds is 7. The van der Waals surface area contributed by atoms with E-state index in [0.717, 1.165) is 25.9 Å². The van der Waals surface area contributed by atoms with Crippen molar-refractivity contribution in [3.63, 3.8) is 0 Å². The Morgan fingerprint density at radius 3 is 2.59 bits per heavy atom. The minimum Gasteiger partial charge on any atom is -0.493 e. The Hall–Kier alpha value is -2.25. The van der Waals surface area contributed by atoms with E-state index >= 15 is 0 Å². The van der Waals surface area contributed by atoms with E-state index in [2.05, 4.69) is 10.4 Å². The molecule has 148 valence electrons. The molecule has 2 heterocycles. The first-order valence-corrected chi connectivity index (χ1v) is 8.89. The Balaban J connectivity index is 0.00000261. The summed E-state index contributed by atoms with van der Waals surface area (Å²) in [5, 5.41) is 7.68. The van der Waals surface area contributed by atoms with Crippen molar-refractivity contribution in [1.82, 2.24) is 20.0 Å². The van der Waals surface area contributed by atoms with Crippen LogP contribution in [0.4, 0.5) is 0 Å². The molecular weight excluding hydrogens is 368 g/mol. The Bertz CT molecular complexity index is 718. The van der Waals surface area contributed by atoms with Crippen molar-refractivity contribution in [2.24, 2.45) is 0 Å². The number of likely N-dealkylation sites (N-methyl/N-ethyl adjacent to an activating group) is 1. The van der Waals surface area contributed by atoms with Gasteiger partial charge in [-0.15, -0.1) is 12.4 Å². The van der Waals surface area contributed by atoms with Gasteiger partial charge in [0.05, 0.1) is 13.7 Å². The number of methoxy groups -OCH3 is 1. The molecule has 2 aromatic rings. The van der Waals surface area contributed by atoms with Crippen LogP contribution in [-0.4, -0.2) is 61.0 Å². The molecule has 3 rings (SSSR count). The molecule has 0 radical (unpaired) electrons. The number of ether oxygens (including phenoxy) is 2. The normalized spacial score (nSPS) is 15.5. The Labute approximate surface area is 166 Å². The van der Waals surface area contributed by atoms with Gasteiger partial charge in [0.15, 0.2) is 11.5 Å². The Morgan fingerprint density at radius 2 is 1.96 bits per heavy atom. The number of aromatic nitrogens is 2. The minimum absolute atomic E-state index is 0. The van der Waals surface area contributed by atoms with Crippen LogP contribution in [0.2, 0.25) is 0 Å². The number of carbonyl (C=O) groups excluding carboxylic acids is 1. The molecule has 0 saturated carbocycles. The standard InChI is InChI=1S/C19H26N4O3.ClH/c1-22(14-15-26-17-7-4-3-6-16(17)25-2)18(24)19(8-11-20-12-9-19)23-13-5-10-21-23;/h3-7,10,13,20H,8-9,11-12,14-15H2,1-2H3;1H. The number of amides is 1. The van der Waals surface area contributed by atoms with Gasteiger partial charge in [0.2, 0.25) is 0 Å². The van der Waals surface area contributed by atoms with E-state index in [1.807, 2.05) is 48.3 Å². The van der Waals surface area contributed by atoms with Crippen LogP contribution in [0.15, 0.2) is 42.7 Å². The molecule has 1 amide bonds. The van der Waals surface area contributed by atoms with Crippen molar-refractivity contribution >= 4 is 18.3 Å². The van der Waals surface area contributed by atoms with Crippen molar-refractivity contribution in [3.8, 4) is 11.5 Å². The van der Waals surface area contributed by atoms with Crippen LogP contribution in [0.3, 0.4) is 0 Å². The molecule has 7 nitrogen and oxygen atoms in total. The van der Waals surface area contributed by atoms with Crippen LogP contribution in [0, 0.1) is 0 Å². The van der Waals surface area contributed by atoms with Gasteiger partial charge < -0.3 is 19.7 Å². The quantitative estimate of drug-likeness (QED) is 0.777. The molecule has 1 saturated heterocycles. The summed E-state index contributed by atoms with van der Waals surface area (Å²) in [6, 6.07) is 9.37. The summed E-state index contributed by atoms with van der Waals surface area (Å²) in [5.41, 5.74) is -0.617. The molecule has 0 atom stereocenters. The van der Waals surface area contributed by atoms with Crippen molar-refractivity contribution in [2.45, 2.75) is 18.4 Å². The zero-order chi connectivity index (χ0) is 18.4. The van der Waals surface area contributed by atoms with E-state index in [4.69, 9.17) is 9.47 Å². The lowest BCUT2D eigenvalue weighted by Gasteiger charge is -2.39. The lowest BCUT2D eigenvalue weighted by Crippen LogP contribution is -2.55. The first kappa shape index (κ1) is 21.1. The number of para-hydroxylation sites is 2. The molecule has 1 aliphatic heterocycles. The minimum atomic E-state index is -0.617. The van der Waals surface area contributed by atoms with Crippen molar-refractivity contribution in [2.75, 3.05) is 40.4 Å². The van der Waals surface area contributed by atoms with Crippen molar-refractivity contribution < 1.29 is 14.3 Å². The largest absolute Gasteiger partial charge is 0.493 e. The first-order chi connectivity index (χ1) is 12.7. The van der Waals surface area contributed by atoms with Gasteiger partial charge in [0.1, 0.15) is 12.1 Å². The smallest absolute Gasteiger partial charge is 0.250 e. The van der Waals surface area contributed by atoms with E-state index in [1.54, 1.807) is 18.2 Å². The van der Waals surface area contributed by atoms with Gasteiger partial charge in [-0.2, -0.15) is 5.10 Å². The third-order valence-electron chi connectivity index (χ3n) is 4.87. The number of piperidine rings is 1. The Kier molecular flexibility index (Phi) is 7.50. The highest BCUT2D eigenvalue weighted by atomic mass is 35.5. The molecule has 1 aliphatic rings. The van der Waals surface area contributed by atoms with E-state index < -0.39 is 5.54 Å². The van der Waals surface area contributed by atoms with Crippen LogP contribution >= 0.6 is 12.4 Å². The summed E-state index contributed by atoms with van der Waals surface area (Å²) in [6.45, 7) is 2.50. The predicted octanol–water partition coefficient (Wildman–Crippen LogP) is 1.93. The highest BCUT2D eigenvalue weighted by Gasteiger charge is 2.43. The summed E-state index contributed by atoms with van der Waals surface area (Å²) in [6.07, 6.45) is 5.06. The van der Waals surface area contributed by atoms with Crippen molar-refractivity contribution in [3.05, 3.63) is 42.7 Å². The molecule has 1 aromatic carbocycles. The van der Waals surface area contributed by atoms with Gasteiger partial charge in [-0.3, -0.25) is 9.48 Å². The third kappa shape index (κ3) is 4.54. The average Bonchev–Trinajstić information content (AvgIpc) is 3.23. The molecule has 0 bridgehead atoms. The van der Waals surface area contributed by atoms with Crippen molar-refractivity contribution in [1.29, 1.82) is 0 Å². The molecule has 8 heteroatoms. The van der Waals surface area contributed by atoms with E-state index in [-0.39, 0.29) is 18.3 Å². The molecule has 1 N–H and O–H groups in total. The predicted molar refractivity (Wildman–Crippen MR) is 106 cm³/mol. The second kappa shape index (κ2) is 9.62. The van der Waals surface area contributed by atoms with Gasteiger partial charge in [-0.25, -0.2) is 0 Å². The molecule has 1 aromatic heterocycles. The summed E-state index contributed by atoms with van der Waals surface area (Å²) in [5.74, 6) is 1.44.